The molecular weight excluding hydrogens is 132 g/mol. The summed E-state index contributed by atoms with van der Waals surface area (Å²) >= 11 is 0. The average Bonchev–Trinajstić information content (AvgIpc) is 1.30. The van der Waals surface area contributed by atoms with E-state index in [2.05, 4.69) is 0 Å². The molecule has 0 fully saturated rings. The van der Waals surface area contributed by atoms with Crippen LogP contribution in [0.5, 0.6) is 0 Å². The van der Waals surface area contributed by atoms with Gasteiger partial charge in [-0.15, -0.1) is 0 Å². The third kappa shape index (κ3) is 6.60. The Kier molecular flexibility index (Phi) is 3.04. The summed E-state index contributed by atoms with van der Waals surface area (Å²) in [6, 6.07) is 0. The van der Waals surface area contributed by atoms with Crippen LogP contribution in [0, 0.1) is 0 Å². The van der Waals surface area contributed by atoms with E-state index >= 15 is 0 Å². The largest absolute Gasteiger partial charge is 0.324 e. The minimum absolute atomic E-state index is 0.714. The summed E-state index contributed by atoms with van der Waals surface area (Å²) in [6.45, 7) is 2.66. The van der Waals surface area contributed by atoms with Crippen molar-refractivity contribution in [3.8, 4) is 0 Å². The lowest BCUT2D eigenvalue weighted by atomic mass is 10.9. The van der Waals surface area contributed by atoms with E-state index in [-0.39, 0.29) is 0 Å². The molecule has 0 aromatic carbocycles. The molecule has 0 aromatic rings. The predicted octanol–water partition coefficient (Wildman–Crippen LogP) is 2.16. The van der Waals surface area contributed by atoms with E-state index in [0.717, 1.165) is 0 Å². The summed E-state index contributed by atoms with van der Waals surface area (Å²) in [5, 5.41) is 0. The lowest BCUT2D eigenvalue weighted by Crippen LogP contribution is -1.90. The number of halogens is 1. The first kappa shape index (κ1) is 7.60. The third-order valence-electron chi connectivity index (χ3n) is 0.398. The zero-order chi connectivity index (χ0) is 5.91. The van der Waals surface area contributed by atoms with Gasteiger partial charge in [0, 0.05) is 12.5 Å². The van der Waals surface area contributed by atoms with E-state index in [1.54, 1.807) is 0 Å². The summed E-state index contributed by atoms with van der Waals surface area (Å²) in [5.74, 6) is 0. The first-order valence-electron chi connectivity index (χ1n) is 2.13. The smallest absolute Gasteiger partial charge is 0.0578 e. The summed E-state index contributed by atoms with van der Waals surface area (Å²) < 4.78 is 5.08. The second kappa shape index (κ2) is 2.80. The Morgan fingerprint density at radius 1 is 1.57 bits per heavy atom. The molecule has 0 atom stereocenters. The molecule has 0 spiro atoms. The van der Waals surface area contributed by atoms with Crippen LogP contribution in [0.15, 0.2) is 0 Å². The molecule has 7 heavy (non-hydrogen) atoms. The van der Waals surface area contributed by atoms with Gasteiger partial charge in [-0.1, -0.05) is 9.52 Å². The van der Waals surface area contributed by atoms with E-state index in [1.807, 2.05) is 19.4 Å². The van der Waals surface area contributed by atoms with Gasteiger partial charge in [-0.2, -0.15) is 0 Å². The van der Waals surface area contributed by atoms with Gasteiger partial charge in [0.05, 0.1) is 6.61 Å². The van der Waals surface area contributed by atoms with E-state index in [1.165, 1.54) is 0 Å². The van der Waals surface area contributed by atoms with Crippen LogP contribution in [0.4, 0.5) is 0 Å². The Labute approximate surface area is 51.0 Å². The van der Waals surface area contributed by atoms with Crippen LogP contribution in [0.2, 0.25) is 0 Å². The molecule has 0 rings (SSSR count). The summed E-state index contributed by atoms with van der Waals surface area (Å²) in [4.78, 5) is 0. The van der Waals surface area contributed by atoms with Gasteiger partial charge in [0.25, 0.3) is 0 Å². The van der Waals surface area contributed by atoms with Gasteiger partial charge in [-0.3, -0.25) is 0 Å². The van der Waals surface area contributed by atoms with Crippen molar-refractivity contribution in [3.63, 3.8) is 0 Å². The fourth-order valence-corrected chi connectivity index (χ4v) is 1.11. The number of hydrogen-bond donors (Lipinski definition) is 0. The van der Waals surface area contributed by atoms with Crippen molar-refractivity contribution in [2.75, 3.05) is 19.1 Å². The summed E-state index contributed by atoms with van der Waals surface area (Å²) in [6.07, 6.45) is 3.80. The van der Waals surface area contributed by atoms with Gasteiger partial charge in [-0.05, 0) is 17.6 Å². The van der Waals surface area contributed by atoms with Crippen molar-refractivity contribution < 1.29 is 4.18 Å². The van der Waals surface area contributed by atoms with Crippen LogP contribution >= 0.6 is 20.2 Å². The Bertz CT molecular complexity index is 50.1. The molecule has 0 saturated heterocycles. The predicted molar refractivity (Wildman–Crippen MR) is 36.9 cm³/mol. The minimum atomic E-state index is -1.20. The molecular formula is C4H11ClOS. The second-order valence-corrected chi connectivity index (χ2v) is 6.21. The highest BCUT2D eigenvalue weighted by molar-refractivity contribution is 8.46. The lowest BCUT2D eigenvalue weighted by molar-refractivity contribution is 0.393. The standard InChI is InChI=1S/C4H11ClOS/c1-4-6-7(2,3)5/h4H2,1-3H3. The maximum atomic E-state index is 5.69. The van der Waals surface area contributed by atoms with Crippen LogP contribution in [0.1, 0.15) is 6.92 Å². The van der Waals surface area contributed by atoms with Gasteiger partial charge in [0.1, 0.15) is 0 Å². The van der Waals surface area contributed by atoms with Gasteiger partial charge in [0.2, 0.25) is 0 Å². The van der Waals surface area contributed by atoms with Crippen molar-refractivity contribution >= 4 is 20.2 Å². The first-order valence-corrected chi connectivity index (χ1v) is 5.33. The molecule has 0 N–H and O–H groups in total. The second-order valence-electron chi connectivity index (χ2n) is 1.52. The highest BCUT2D eigenvalue weighted by atomic mass is 35.7. The van der Waals surface area contributed by atoms with Gasteiger partial charge >= 0.3 is 0 Å². The molecule has 3 heteroatoms. The zero-order valence-corrected chi connectivity index (χ0v) is 6.47. The van der Waals surface area contributed by atoms with Crippen molar-refractivity contribution in [2.45, 2.75) is 6.92 Å². The highest BCUT2D eigenvalue weighted by Gasteiger charge is 2.02. The van der Waals surface area contributed by atoms with Gasteiger partial charge < -0.3 is 4.18 Å². The molecule has 0 unspecified atom stereocenters. The summed E-state index contributed by atoms with van der Waals surface area (Å²) in [7, 11) is 4.49. The van der Waals surface area contributed by atoms with Crippen LogP contribution in [0.25, 0.3) is 0 Å². The monoisotopic (exact) mass is 142 g/mol. The molecule has 0 aromatic heterocycles. The maximum Gasteiger partial charge on any atom is 0.0578 e. The molecule has 0 aliphatic rings. The molecule has 46 valence electrons. The Morgan fingerprint density at radius 2 is 2.00 bits per heavy atom. The number of rotatable bonds is 2. The normalized spacial score (nSPS) is 14.3. The third-order valence-corrected chi connectivity index (χ3v) is 1.46. The molecule has 0 amide bonds. The molecule has 0 heterocycles. The fraction of sp³-hybridized carbons (Fsp3) is 1.00. The quantitative estimate of drug-likeness (QED) is 0.574. The maximum absolute atomic E-state index is 5.69. The first-order chi connectivity index (χ1) is 3.06. The molecule has 1 nitrogen and oxygen atoms in total. The van der Waals surface area contributed by atoms with Crippen molar-refractivity contribution in [2.24, 2.45) is 0 Å². The molecule has 0 saturated carbocycles. The minimum Gasteiger partial charge on any atom is -0.324 e. The molecule has 0 aliphatic carbocycles. The van der Waals surface area contributed by atoms with Crippen molar-refractivity contribution in [1.82, 2.24) is 0 Å². The fourth-order valence-electron chi connectivity index (χ4n) is 0.280. The average molecular weight is 143 g/mol. The van der Waals surface area contributed by atoms with E-state index < -0.39 is 9.52 Å². The van der Waals surface area contributed by atoms with E-state index in [0.29, 0.717) is 6.61 Å². The molecule has 0 radical (unpaired) electrons. The van der Waals surface area contributed by atoms with Gasteiger partial charge in [-0.25, -0.2) is 0 Å². The van der Waals surface area contributed by atoms with Crippen molar-refractivity contribution in [1.29, 1.82) is 0 Å². The topological polar surface area (TPSA) is 9.23 Å². The van der Waals surface area contributed by atoms with E-state index in [9.17, 15) is 0 Å². The van der Waals surface area contributed by atoms with Crippen LogP contribution in [-0.2, 0) is 4.18 Å². The lowest BCUT2D eigenvalue weighted by Gasteiger charge is -2.20. The highest BCUT2D eigenvalue weighted by Crippen LogP contribution is 2.45. The SMILES string of the molecule is CCOS(C)(C)Cl. The Hall–Kier alpha value is 0.600. The van der Waals surface area contributed by atoms with Crippen LogP contribution in [-0.4, -0.2) is 19.1 Å². The Balaban J connectivity index is 3.15. The van der Waals surface area contributed by atoms with E-state index in [4.69, 9.17) is 14.9 Å². The van der Waals surface area contributed by atoms with Gasteiger partial charge in [0.15, 0.2) is 0 Å². The molecule has 0 bridgehead atoms. The summed E-state index contributed by atoms with van der Waals surface area (Å²) in [5.41, 5.74) is 0. The van der Waals surface area contributed by atoms with Crippen LogP contribution in [0.3, 0.4) is 0 Å². The van der Waals surface area contributed by atoms with Crippen molar-refractivity contribution in [3.05, 3.63) is 0 Å². The Morgan fingerprint density at radius 3 is 2.00 bits per heavy atom. The zero-order valence-electron chi connectivity index (χ0n) is 4.90. The molecule has 0 aliphatic heterocycles. The van der Waals surface area contributed by atoms with Crippen LogP contribution < -0.4 is 0 Å². The number of hydrogen-bond acceptors (Lipinski definition) is 1.